The van der Waals surface area contributed by atoms with Gasteiger partial charge in [0.15, 0.2) is 5.96 Å². The average Bonchev–Trinajstić information content (AvgIpc) is 3.15. The number of benzene rings is 1. The Morgan fingerprint density at radius 2 is 2.08 bits per heavy atom. The number of nitrogens with zero attached hydrogens (tertiary/aromatic N) is 2. The minimum atomic E-state index is 0.597. The second kappa shape index (κ2) is 8.16. The van der Waals surface area contributed by atoms with Crippen LogP contribution in [-0.4, -0.2) is 24.0 Å². The van der Waals surface area contributed by atoms with Crippen LogP contribution in [0, 0.1) is 13.8 Å². The van der Waals surface area contributed by atoms with Crippen LogP contribution in [-0.2, 0) is 13.0 Å². The fourth-order valence-corrected chi connectivity index (χ4v) is 3.42. The molecule has 2 heterocycles. The first kappa shape index (κ1) is 17.5. The Bertz CT molecular complexity index is 813. The molecule has 0 amide bonds. The molecule has 0 aliphatic carbocycles. The zero-order valence-corrected chi connectivity index (χ0v) is 15.7. The molecule has 6 heteroatoms. The summed E-state index contributed by atoms with van der Waals surface area (Å²) in [5, 5.41) is 8.82. The van der Waals surface area contributed by atoms with Gasteiger partial charge in [-0.1, -0.05) is 18.2 Å². The molecule has 2 N–H and O–H groups in total. The van der Waals surface area contributed by atoms with Gasteiger partial charge in [0.05, 0.1) is 12.2 Å². The fraction of sp³-hybridized carbons (Fsp3) is 0.368. The minimum Gasteiger partial charge on any atom is -0.461 e. The quantitative estimate of drug-likeness (QED) is 0.521. The molecule has 5 nitrogen and oxygen atoms in total. The zero-order valence-electron chi connectivity index (χ0n) is 14.9. The SMILES string of the molecule is CCNC(=NCc1nc(C)c(C)s1)NCCc1cc2ccccc2o1. The molecule has 0 aliphatic heterocycles. The first-order chi connectivity index (χ1) is 12.2. The predicted octanol–water partition coefficient (Wildman–Crippen LogP) is 3.80. The Morgan fingerprint density at radius 3 is 2.80 bits per heavy atom. The van der Waals surface area contributed by atoms with Gasteiger partial charge in [0.25, 0.3) is 0 Å². The van der Waals surface area contributed by atoms with Crippen molar-refractivity contribution in [2.75, 3.05) is 13.1 Å². The average molecular weight is 356 g/mol. The smallest absolute Gasteiger partial charge is 0.191 e. The summed E-state index contributed by atoms with van der Waals surface area (Å²) in [5.74, 6) is 1.79. The van der Waals surface area contributed by atoms with Crippen LogP contribution >= 0.6 is 11.3 Å². The molecular formula is C19H24N4OS. The molecule has 132 valence electrons. The standard InChI is InChI=1S/C19H24N4OS/c1-4-20-19(22-12-18-23-13(2)14(3)25-18)21-10-9-16-11-15-7-5-6-8-17(15)24-16/h5-8,11H,4,9-10,12H2,1-3H3,(H2,20,21,22). The highest BCUT2D eigenvalue weighted by Gasteiger charge is 2.05. The van der Waals surface area contributed by atoms with E-state index in [1.165, 1.54) is 4.88 Å². The molecular weight excluding hydrogens is 332 g/mol. The zero-order chi connectivity index (χ0) is 17.6. The van der Waals surface area contributed by atoms with E-state index < -0.39 is 0 Å². The van der Waals surface area contributed by atoms with Gasteiger partial charge >= 0.3 is 0 Å². The van der Waals surface area contributed by atoms with Crippen molar-refractivity contribution in [3.63, 3.8) is 0 Å². The van der Waals surface area contributed by atoms with Crippen LogP contribution in [0.5, 0.6) is 0 Å². The van der Waals surface area contributed by atoms with E-state index in [4.69, 9.17) is 4.42 Å². The molecule has 0 unspecified atom stereocenters. The van der Waals surface area contributed by atoms with Crippen LogP contribution < -0.4 is 10.6 Å². The number of thiazole rings is 1. The normalized spacial score (nSPS) is 11.9. The topological polar surface area (TPSA) is 62.5 Å². The van der Waals surface area contributed by atoms with Gasteiger partial charge in [0.2, 0.25) is 0 Å². The third-order valence-corrected chi connectivity index (χ3v) is 4.99. The van der Waals surface area contributed by atoms with Crippen LogP contribution in [0.2, 0.25) is 0 Å². The lowest BCUT2D eigenvalue weighted by atomic mass is 10.2. The van der Waals surface area contributed by atoms with Crippen molar-refractivity contribution in [3.05, 3.63) is 51.7 Å². The second-order valence-electron chi connectivity index (χ2n) is 5.87. The van der Waals surface area contributed by atoms with Crippen molar-refractivity contribution in [1.29, 1.82) is 0 Å². The van der Waals surface area contributed by atoms with Gasteiger partial charge in [0.1, 0.15) is 16.4 Å². The van der Waals surface area contributed by atoms with Crippen molar-refractivity contribution in [2.24, 2.45) is 4.99 Å². The monoisotopic (exact) mass is 356 g/mol. The van der Waals surface area contributed by atoms with Crippen LogP contribution in [0.4, 0.5) is 0 Å². The van der Waals surface area contributed by atoms with Gasteiger partial charge in [-0.25, -0.2) is 9.98 Å². The lowest BCUT2D eigenvalue weighted by molar-refractivity contribution is 0.544. The summed E-state index contributed by atoms with van der Waals surface area (Å²) in [7, 11) is 0. The van der Waals surface area contributed by atoms with Crippen molar-refractivity contribution >= 4 is 28.3 Å². The van der Waals surface area contributed by atoms with E-state index in [9.17, 15) is 0 Å². The van der Waals surface area contributed by atoms with Crippen LogP contribution in [0.15, 0.2) is 39.7 Å². The highest BCUT2D eigenvalue weighted by molar-refractivity contribution is 7.11. The molecule has 0 atom stereocenters. The molecule has 3 rings (SSSR count). The number of hydrogen-bond acceptors (Lipinski definition) is 4. The summed E-state index contributed by atoms with van der Waals surface area (Å²) in [6.45, 7) is 8.38. The summed E-state index contributed by atoms with van der Waals surface area (Å²) in [4.78, 5) is 10.4. The fourth-order valence-electron chi connectivity index (χ4n) is 2.56. The maximum absolute atomic E-state index is 5.85. The lowest BCUT2D eigenvalue weighted by Gasteiger charge is -2.10. The Kier molecular flexibility index (Phi) is 5.71. The molecule has 3 aromatic rings. The third kappa shape index (κ3) is 4.60. The number of fused-ring (bicyclic) bond motifs is 1. The molecule has 0 bridgehead atoms. The highest BCUT2D eigenvalue weighted by atomic mass is 32.1. The Hall–Kier alpha value is -2.34. The van der Waals surface area contributed by atoms with E-state index in [2.05, 4.69) is 46.6 Å². The van der Waals surface area contributed by atoms with Crippen molar-refractivity contribution in [1.82, 2.24) is 15.6 Å². The maximum Gasteiger partial charge on any atom is 0.191 e. The number of furan rings is 1. The predicted molar refractivity (Wildman–Crippen MR) is 104 cm³/mol. The molecule has 0 saturated heterocycles. The lowest BCUT2D eigenvalue weighted by Crippen LogP contribution is -2.38. The van der Waals surface area contributed by atoms with Gasteiger partial charge in [-0.05, 0) is 32.9 Å². The van der Waals surface area contributed by atoms with Crippen molar-refractivity contribution < 1.29 is 4.42 Å². The summed E-state index contributed by atoms with van der Waals surface area (Å²) < 4.78 is 5.85. The van der Waals surface area contributed by atoms with Crippen LogP contribution in [0.3, 0.4) is 0 Å². The van der Waals surface area contributed by atoms with E-state index in [1.54, 1.807) is 11.3 Å². The van der Waals surface area contributed by atoms with E-state index in [0.29, 0.717) is 6.54 Å². The Labute approximate surface area is 152 Å². The summed E-state index contributed by atoms with van der Waals surface area (Å²) in [5.41, 5.74) is 2.03. The van der Waals surface area contributed by atoms with Crippen LogP contribution in [0.1, 0.15) is 28.3 Å². The maximum atomic E-state index is 5.85. The second-order valence-corrected chi connectivity index (χ2v) is 7.16. The molecule has 25 heavy (non-hydrogen) atoms. The number of aryl methyl sites for hydroxylation is 2. The van der Waals surface area contributed by atoms with E-state index in [1.807, 2.05) is 25.1 Å². The number of rotatable bonds is 6. The summed E-state index contributed by atoms with van der Waals surface area (Å²) in [6.07, 6.45) is 0.814. The summed E-state index contributed by atoms with van der Waals surface area (Å²) >= 11 is 1.71. The molecule has 0 spiro atoms. The molecule has 2 aromatic heterocycles. The molecule has 0 saturated carbocycles. The summed E-state index contributed by atoms with van der Waals surface area (Å²) in [6, 6.07) is 10.2. The molecule has 0 aliphatic rings. The Morgan fingerprint density at radius 1 is 1.24 bits per heavy atom. The largest absolute Gasteiger partial charge is 0.461 e. The van der Waals surface area contributed by atoms with E-state index in [-0.39, 0.29) is 0 Å². The molecule has 0 radical (unpaired) electrons. The van der Waals surface area contributed by atoms with Crippen molar-refractivity contribution in [2.45, 2.75) is 33.7 Å². The Balaban J connectivity index is 1.56. The molecule has 0 fully saturated rings. The van der Waals surface area contributed by atoms with E-state index in [0.717, 1.165) is 52.9 Å². The third-order valence-electron chi connectivity index (χ3n) is 3.93. The highest BCUT2D eigenvalue weighted by Crippen LogP contribution is 2.19. The van der Waals surface area contributed by atoms with Gasteiger partial charge in [-0.15, -0.1) is 11.3 Å². The van der Waals surface area contributed by atoms with Gasteiger partial charge in [-0.2, -0.15) is 0 Å². The van der Waals surface area contributed by atoms with Crippen LogP contribution in [0.25, 0.3) is 11.0 Å². The van der Waals surface area contributed by atoms with Gasteiger partial charge in [0, 0.05) is 29.8 Å². The minimum absolute atomic E-state index is 0.597. The first-order valence-electron chi connectivity index (χ1n) is 8.58. The molecule has 1 aromatic carbocycles. The number of aromatic nitrogens is 1. The van der Waals surface area contributed by atoms with E-state index >= 15 is 0 Å². The first-order valence-corrected chi connectivity index (χ1v) is 9.40. The number of hydrogen-bond donors (Lipinski definition) is 2. The number of nitrogens with one attached hydrogen (secondary N) is 2. The van der Waals surface area contributed by atoms with Gasteiger partial charge < -0.3 is 15.1 Å². The van der Waals surface area contributed by atoms with Crippen molar-refractivity contribution in [3.8, 4) is 0 Å². The number of guanidine groups is 1. The number of para-hydroxylation sites is 1. The number of aliphatic imine (C=N–C) groups is 1. The van der Waals surface area contributed by atoms with Gasteiger partial charge in [-0.3, -0.25) is 0 Å².